The first kappa shape index (κ1) is 12.8. The Hall–Kier alpha value is -1.20. The molecular weight excluding hydrogens is 256 g/mol. The number of rotatable bonds is 4. The minimum absolute atomic E-state index is 0.742. The van der Waals surface area contributed by atoms with Crippen LogP contribution in [0, 0.1) is 12.8 Å². The zero-order valence-corrected chi connectivity index (χ0v) is 12.3. The summed E-state index contributed by atoms with van der Waals surface area (Å²) in [6, 6.07) is 0. The molecule has 3 rings (SSSR count). The molecule has 2 aromatic heterocycles. The Bertz CT molecular complexity index is 566. The highest BCUT2D eigenvalue weighted by atomic mass is 32.1. The summed E-state index contributed by atoms with van der Waals surface area (Å²) in [6.07, 6.45) is 2.95. The molecule has 1 unspecified atom stereocenters. The van der Waals surface area contributed by atoms with Crippen molar-refractivity contribution in [3.8, 4) is 0 Å². The van der Waals surface area contributed by atoms with Crippen LogP contribution < -0.4 is 5.32 Å². The predicted octanol–water partition coefficient (Wildman–Crippen LogP) is 2.75. The van der Waals surface area contributed by atoms with E-state index >= 15 is 0 Å². The van der Waals surface area contributed by atoms with Crippen molar-refractivity contribution in [3.05, 3.63) is 17.3 Å². The van der Waals surface area contributed by atoms with E-state index in [2.05, 4.69) is 39.4 Å². The zero-order valence-electron chi connectivity index (χ0n) is 11.5. The molecule has 1 fully saturated rings. The molecule has 5 heteroatoms. The van der Waals surface area contributed by atoms with Crippen LogP contribution in [0.4, 0.5) is 5.82 Å². The number of nitrogens with zero attached hydrogens (tertiary/aromatic N) is 3. The molecule has 1 N–H and O–H groups in total. The van der Waals surface area contributed by atoms with Crippen LogP contribution in [0.3, 0.4) is 0 Å². The molecule has 1 saturated heterocycles. The van der Waals surface area contributed by atoms with Crippen LogP contribution in [0.1, 0.15) is 18.9 Å². The van der Waals surface area contributed by atoms with E-state index in [1.54, 1.807) is 17.7 Å². The molecule has 0 aromatic carbocycles. The van der Waals surface area contributed by atoms with Gasteiger partial charge in [0.05, 0.1) is 10.2 Å². The molecule has 1 atom stereocenters. The lowest BCUT2D eigenvalue weighted by atomic mass is 10.1. The highest BCUT2D eigenvalue weighted by molar-refractivity contribution is 7.18. The van der Waals surface area contributed by atoms with E-state index in [0.29, 0.717) is 0 Å². The van der Waals surface area contributed by atoms with Gasteiger partial charge in [0.2, 0.25) is 0 Å². The van der Waals surface area contributed by atoms with Crippen molar-refractivity contribution in [1.29, 1.82) is 0 Å². The lowest BCUT2D eigenvalue weighted by molar-refractivity contribution is 0.345. The van der Waals surface area contributed by atoms with E-state index in [-0.39, 0.29) is 0 Å². The van der Waals surface area contributed by atoms with Crippen LogP contribution in [0.5, 0.6) is 0 Å². The van der Waals surface area contributed by atoms with Crippen molar-refractivity contribution in [1.82, 2.24) is 14.9 Å². The maximum absolute atomic E-state index is 4.39. The van der Waals surface area contributed by atoms with Gasteiger partial charge in [-0.05, 0) is 43.3 Å². The predicted molar refractivity (Wildman–Crippen MR) is 80.9 cm³/mol. The highest BCUT2D eigenvalue weighted by Crippen LogP contribution is 2.28. The fourth-order valence-electron chi connectivity index (χ4n) is 2.70. The average Bonchev–Trinajstić information content (AvgIpc) is 3.04. The molecule has 0 bridgehead atoms. The second-order valence-corrected chi connectivity index (χ2v) is 6.13. The Balaban J connectivity index is 1.69. The van der Waals surface area contributed by atoms with Gasteiger partial charge in [-0.15, -0.1) is 11.3 Å². The SMILES string of the molecule is CCN1CCC(CNc2ncnc3c(C)csc23)C1. The second kappa shape index (κ2) is 5.43. The van der Waals surface area contributed by atoms with Gasteiger partial charge in [-0.25, -0.2) is 9.97 Å². The van der Waals surface area contributed by atoms with Crippen molar-refractivity contribution >= 4 is 27.4 Å². The van der Waals surface area contributed by atoms with Crippen LogP contribution >= 0.6 is 11.3 Å². The first-order valence-corrected chi connectivity index (χ1v) is 7.81. The monoisotopic (exact) mass is 276 g/mol. The Morgan fingerprint density at radius 2 is 2.37 bits per heavy atom. The van der Waals surface area contributed by atoms with Crippen molar-refractivity contribution in [2.24, 2.45) is 5.92 Å². The smallest absolute Gasteiger partial charge is 0.147 e. The second-order valence-electron chi connectivity index (χ2n) is 5.25. The number of aryl methyl sites for hydroxylation is 1. The number of fused-ring (bicyclic) bond motifs is 1. The standard InChI is InChI=1S/C14H20N4S/c1-3-18-5-4-11(7-18)6-15-14-13-12(16-9-17-14)10(2)8-19-13/h8-9,11H,3-7H2,1-2H3,(H,15,16,17). The number of hydrogen-bond acceptors (Lipinski definition) is 5. The highest BCUT2D eigenvalue weighted by Gasteiger charge is 2.21. The first-order valence-electron chi connectivity index (χ1n) is 6.93. The Kier molecular flexibility index (Phi) is 3.66. The lowest BCUT2D eigenvalue weighted by Crippen LogP contribution is -2.22. The van der Waals surface area contributed by atoms with E-state index in [9.17, 15) is 0 Å². The number of anilines is 1. The van der Waals surface area contributed by atoms with Crippen molar-refractivity contribution < 1.29 is 0 Å². The maximum Gasteiger partial charge on any atom is 0.147 e. The fourth-order valence-corrected chi connectivity index (χ4v) is 3.67. The van der Waals surface area contributed by atoms with E-state index in [1.165, 1.54) is 36.3 Å². The minimum atomic E-state index is 0.742. The van der Waals surface area contributed by atoms with E-state index in [1.807, 2.05) is 0 Å². The molecule has 0 aliphatic carbocycles. The number of nitrogens with one attached hydrogen (secondary N) is 1. The molecule has 0 saturated carbocycles. The van der Waals surface area contributed by atoms with Crippen LogP contribution in [0.15, 0.2) is 11.7 Å². The Morgan fingerprint density at radius 3 is 3.16 bits per heavy atom. The van der Waals surface area contributed by atoms with E-state index < -0.39 is 0 Å². The summed E-state index contributed by atoms with van der Waals surface area (Å²) in [5.74, 6) is 1.74. The van der Waals surface area contributed by atoms with Gasteiger partial charge in [0, 0.05) is 13.1 Å². The average molecular weight is 276 g/mol. The maximum atomic E-state index is 4.39. The summed E-state index contributed by atoms with van der Waals surface area (Å²) in [5.41, 5.74) is 2.33. The molecule has 2 aromatic rings. The molecule has 1 aliphatic rings. The van der Waals surface area contributed by atoms with Gasteiger partial charge in [-0.3, -0.25) is 0 Å². The number of aromatic nitrogens is 2. The van der Waals surface area contributed by atoms with Gasteiger partial charge in [-0.2, -0.15) is 0 Å². The molecule has 19 heavy (non-hydrogen) atoms. The lowest BCUT2D eigenvalue weighted by Gasteiger charge is -2.14. The summed E-state index contributed by atoms with van der Waals surface area (Å²) in [5, 5.41) is 5.67. The van der Waals surface area contributed by atoms with Crippen molar-refractivity contribution in [2.45, 2.75) is 20.3 Å². The van der Waals surface area contributed by atoms with Gasteiger partial charge in [0.1, 0.15) is 12.1 Å². The van der Waals surface area contributed by atoms with Crippen LogP contribution in [0.25, 0.3) is 10.2 Å². The molecule has 0 radical (unpaired) electrons. The minimum Gasteiger partial charge on any atom is -0.368 e. The number of hydrogen-bond donors (Lipinski definition) is 1. The zero-order chi connectivity index (χ0) is 13.2. The van der Waals surface area contributed by atoms with Crippen molar-refractivity contribution in [3.63, 3.8) is 0 Å². The van der Waals surface area contributed by atoms with Crippen LogP contribution in [0.2, 0.25) is 0 Å². The molecule has 3 heterocycles. The van der Waals surface area contributed by atoms with Gasteiger partial charge < -0.3 is 10.2 Å². The van der Waals surface area contributed by atoms with Gasteiger partial charge >= 0.3 is 0 Å². The number of thiophene rings is 1. The third-order valence-corrected chi connectivity index (χ3v) is 5.00. The summed E-state index contributed by atoms with van der Waals surface area (Å²) >= 11 is 1.73. The van der Waals surface area contributed by atoms with E-state index in [0.717, 1.165) is 23.8 Å². The van der Waals surface area contributed by atoms with Gasteiger partial charge in [0.15, 0.2) is 0 Å². The number of likely N-dealkylation sites (tertiary alicyclic amines) is 1. The Morgan fingerprint density at radius 1 is 1.47 bits per heavy atom. The summed E-state index contributed by atoms with van der Waals surface area (Å²) < 4.78 is 1.19. The molecule has 1 aliphatic heterocycles. The molecule has 0 spiro atoms. The van der Waals surface area contributed by atoms with Crippen molar-refractivity contribution in [2.75, 3.05) is 31.5 Å². The summed E-state index contributed by atoms with van der Waals surface area (Å²) in [6.45, 7) is 8.96. The largest absolute Gasteiger partial charge is 0.368 e. The molecule has 0 amide bonds. The van der Waals surface area contributed by atoms with Gasteiger partial charge in [0.25, 0.3) is 0 Å². The molecular formula is C14H20N4S. The van der Waals surface area contributed by atoms with Crippen LogP contribution in [-0.2, 0) is 0 Å². The quantitative estimate of drug-likeness (QED) is 0.932. The fraction of sp³-hybridized carbons (Fsp3) is 0.571. The van der Waals surface area contributed by atoms with Crippen LogP contribution in [-0.4, -0.2) is 41.0 Å². The normalized spacial score (nSPS) is 20.2. The van der Waals surface area contributed by atoms with E-state index in [4.69, 9.17) is 0 Å². The van der Waals surface area contributed by atoms with Gasteiger partial charge in [-0.1, -0.05) is 6.92 Å². The topological polar surface area (TPSA) is 41.0 Å². The summed E-state index contributed by atoms with van der Waals surface area (Å²) in [4.78, 5) is 11.3. The summed E-state index contributed by atoms with van der Waals surface area (Å²) in [7, 11) is 0. The first-order chi connectivity index (χ1) is 9.28. The third kappa shape index (κ3) is 2.58. The molecule has 4 nitrogen and oxygen atoms in total. The third-order valence-electron chi connectivity index (χ3n) is 3.91. The molecule has 102 valence electrons. The Labute approximate surface area is 117 Å².